The summed E-state index contributed by atoms with van der Waals surface area (Å²) in [6.45, 7) is 16.9. The van der Waals surface area contributed by atoms with Gasteiger partial charge in [0, 0.05) is 13.1 Å². The molecule has 0 spiro atoms. The Labute approximate surface area is 204 Å². The quantitative estimate of drug-likeness (QED) is 0.349. The van der Waals surface area contributed by atoms with Gasteiger partial charge in [0.1, 0.15) is 5.01 Å². The van der Waals surface area contributed by atoms with E-state index in [1.807, 2.05) is 35.2 Å². The lowest BCUT2D eigenvalue weighted by Crippen LogP contribution is -2.43. The Morgan fingerprint density at radius 3 is 2.55 bits per heavy atom. The highest BCUT2D eigenvalue weighted by molar-refractivity contribution is 7.18. The van der Waals surface area contributed by atoms with Gasteiger partial charge in [-0.25, -0.2) is 4.98 Å². The molecular weight excluding hydrogens is 448 g/mol. The zero-order valence-electron chi connectivity index (χ0n) is 20.8. The molecule has 0 aliphatic carbocycles. The van der Waals surface area contributed by atoms with Gasteiger partial charge in [-0.1, -0.05) is 39.0 Å². The minimum Gasteiger partial charge on any atom is -0.414 e. The second kappa shape index (κ2) is 10.8. The first-order chi connectivity index (χ1) is 15.5. The van der Waals surface area contributed by atoms with Gasteiger partial charge in [-0.15, -0.1) is 17.9 Å². The van der Waals surface area contributed by atoms with Crippen LogP contribution in [-0.2, 0) is 9.22 Å². The van der Waals surface area contributed by atoms with Gasteiger partial charge in [0.15, 0.2) is 8.32 Å². The molecule has 2 heterocycles. The summed E-state index contributed by atoms with van der Waals surface area (Å²) in [5.74, 6) is -0.533. The number of aliphatic hydroxyl groups excluding tert-OH is 1. The van der Waals surface area contributed by atoms with Gasteiger partial charge in [-0.3, -0.25) is 4.79 Å². The number of carbonyl (C=O) groups is 1. The highest BCUT2D eigenvalue weighted by Gasteiger charge is 2.39. The predicted molar refractivity (Wildman–Crippen MR) is 140 cm³/mol. The van der Waals surface area contributed by atoms with Crippen LogP contribution in [0.1, 0.15) is 57.4 Å². The van der Waals surface area contributed by atoms with Gasteiger partial charge < -0.3 is 14.4 Å². The van der Waals surface area contributed by atoms with Crippen LogP contribution in [0.25, 0.3) is 10.2 Å². The maximum absolute atomic E-state index is 13.7. The van der Waals surface area contributed by atoms with Gasteiger partial charge in [-0.05, 0) is 61.9 Å². The minimum absolute atomic E-state index is 0.0817. The molecule has 33 heavy (non-hydrogen) atoms. The van der Waals surface area contributed by atoms with Gasteiger partial charge in [0.05, 0.1) is 28.8 Å². The standard InChI is InChI=1S/C26H40N2O3SSi/c1-7-19(17-20(29)18-31-33(5,6)26(2,3)4)23(25(30)28-15-11-8-12-16-28)24-27-21-13-9-10-14-22(21)32-24/h7,9-10,13-14,19-20,23,29H,1,8,11-12,15-18H2,2-6H3/t19-,20-,23+/m1/s1. The fraction of sp³-hybridized carbons (Fsp3) is 0.615. The number of hydrogen-bond acceptors (Lipinski definition) is 5. The molecule has 0 bridgehead atoms. The Kier molecular flexibility index (Phi) is 8.54. The van der Waals surface area contributed by atoms with Crippen LogP contribution in [0.4, 0.5) is 0 Å². The van der Waals surface area contributed by atoms with Gasteiger partial charge in [-0.2, -0.15) is 0 Å². The first-order valence-electron chi connectivity index (χ1n) is 12.1. The number of amides is 1. The Morgan fingerprint density at radius 2 is 1.94 bits per heavy atom. The number of piperidine rings is 1. The van der Waals surface area contributed by atoms with Crippen molar-refractivity contribution in [1.29, 1.82) is 0 Å². The first-order valence-corrected chi connectivity index (χ1v) is 15.8. The number of carbonyl (C=O) groups excluding carboxylic acids is 1. The van der Waals surface area contributed by atoms with Crippen LogP contribution in [0.5, 0.6) is 0 Å². The molecule has 1 aliphatic heterocycles. The summed E-state index contributed by atoms with van der Waals surface area (Å²) in [6.07, 6.45) is 4.85. The summed E-state index contributed by atoms with van der Waals surface area (Å²) in [5.41, 5.74) is 0.915. The molecule has 1 aliphatic rings. The highest BCUT2D eigenvalue weighted by Crippen LogP contribution is 2.38. The normalized spacial score (nSPS) is 18.2. The molecular formula is C26H40N2O3SSi. The third kappa shape index (κ3) is 6.32. The molecule has 1 amide bonds. The minimum atomic E-state index is -1.96. The number of aromatic nitrogens is 1. The first kappa shape index (κ1) is 26.1. The van der Waals surface area contributed by atoms with Crippen LogP contribution < -0.4 is 0 Å². The number of para-hydroxylation sites is 1. The van der Waals surface area contributed by atoms with E-state index < -0.39 is 20.3 Å². The van der Waals surface area contributed by atoms with Crippen molar-refractivity contribution in [2.75, 3.05) is 19.7 Å². The van der Waals surface area contributed by atoms with E-state index in [1.54, 1.807) is 11.3 Å². The fourth-order valence-electron chi connectivity index (χ4n) is 4.08. The molecule has 0 radical (unpaired) electrons. The Hall–Kier alpha value is -1.54. The monoisotopic (exact) mass is 488 g/mol. The van der Waals surface area contributed by atoms with Crippen molar-refractivity contribution in [3.8, 4) is 0 Å². The molecule has 1 fully saturated rings. The fourth-order valence-corrected chi connectivity index (χ4v) is 6.26. The molecule has 0 unspecified atom stereocenters. The van der Waals surface area contributed by atoms with Crippen molar-refractivity contribution in [1.82, 2.24) is 9.88 Å². The third-order valence-electron chi connectivity index (χ3n) is 7.23. The number of hydrogen-bond donors (Lipinski definition) is 1. The van der Waals surface area contributed by atoms with Crippen LogP contribution >= 0.6 is 11.3 Å². The highest BCUT2D eigenvalue weighted by atomic mass is 32.1. The van der Waals surface area contributed by atoms with Crippen LogP contribution in [0.15, 0.2) is 36.9 Å². The van der Waals surface area contributed by atoms with Crippen molar-refractivity contribution < 1.29 is 14.3 Å². The van der Waals surface area contributed by atoms with E-state index >= 15 is 0 Å². The predicted octanol–water partition coefficient (Wildman–Crippen LogP) is 5.97. The second-order valence-electron chi connectivity index (χ2n) is 10.7. The van der Waals surface area contributed by atoms with E-state index in [4.69, 9.17) is 9.41 Å². The molecule has 1 aromatic carbocycles. The molecule has 1 N–H and O–H groups in total. The average Bonchev–Trinajstić information content (AvgIpc) is 3.20. The number of benzene rings is 1. The zero-order valence-corrected chi connectivity index (χ0v) is 22.7. The maximum atomic E-state index is 13.7. The van der Waals surface area contributed by atoms with E-state index in [-0.39, 0.29) is 23.5 Å². The topological polar surface area (TPSA) is 62.7 Å². The molecule has 182 valence electrons. The van der Waals surface area contributed by atoms with E-state index in [0.29, 0.717) is 6.42 Å². The van der Waals surface area contributed by atoms with E-state index in [9.17, 15) is 9.90 Å². The summed E-state index contributed by atoms with van der Waals surface area (Å²) in [5, 5.41) is 11.8. The summed E-state index contributed by atoms with van der Waals surface area (Å²) in [7, 11) is -1.96. The third-order valence-corrected chi connectivity index (χ3v) is 12.8. The summed E-state index contributed by atoms with van der Waals surface area (Å²) in [4.78, 5) is 20.6. The van der Waals surface area contributed by atoms with Gasteiger partial charge in [0.25, 0.3) is 0 Å². The van der Waals surface area contributed by atoms with Crippen molar-refractivity contribution in [2.24, 2.45) is 5.92 Å². The average molecular weight is 489 g/mol. The Bertz CT molecular complexity index is 913. The van der Waals surface area contributed by atoms with Crippen LogP contribution in [0, 0.1) is 5.92 Å². The number of fused-ring (bicyclic) bond motifs is 1. The number of likely N-dealkylation sites (tertiary alicyclic amines) is 1. The van der Waals surface area contributed by atoms with E-state index in [1.165, 1.54) is 6.42 Å². The lowest BCUT2D eigenvalue weighted by Gasteiger charge is -2.37. The lowest BCUT2D eigenvalue weighted by molar-refractivity contribution is -0.134. The van der Waals surface area contributed by atoms with Crippen LogP contribution in [-0.4, -0.2) is 55.0 Å². The SMILES string of the molecule is C=C[C@H](C[C@@H](O)CO[Si](C)(C)C(C)(C)C)[C@H](C(=O)N1CCCCC1)c1nc2ccccc2s1. The van der Waals surface area contributed by atoms with Gasteiger partial charge in [0.2, 0.25) is 5.91 Å². The Balaban J connectivity index is 1.82. The smallest absolute Gasteiger partial charge is 0.233 e. The summed E-state index contributed by atoms with van der Waals surface area (Å²) < 4.78 is 7.33. The van der Waals surface area contributed by atoms with E-state index in [0.717, 1.165) is 41.2 Å². The Morgan fingerprint density at radius 1 is 1.27 bits per heavy atom. The molecule has 3 atom stereocenters. The largest absolute Gasteiger partial charge is 0.414 e. The van der Waals surface area contributed by atoms with Crippen molar-refractivity contribution in [3.05, 3.63) is 41.9 Å². The molecule has 5 nitrogen and oxygen atoms in total. The molecule has 0 saturated carbocycles. The molecule has 7 heteroatoms. The van der Waals surface area contributed by atoms with Gasteiger partial charge >= 0.3 is 0 Å². The van der Waals surface area contributed by atoms with Crippen molar-refractivity contribution in [2.45, 2.75) is 76.6 Å². The number of aliphatic hydroxyl groups is 1. The summed E-state index contributed by atoms with van der Waals surface area (Å²) >= 11 is 1.58. The van der Waals surface area contributed by atoms with Crippen LogP contribution in [0.2, 0.25) is 18.1 Å². The summed E-state index contributed by atoms with van der Waals surface area (Å²) in [6, 6.07) is 8.01. The molecule has 1 saturated heterocycles. The molecule has 3 rings (SSSR count). The van der Waals surface area contributed by atoms with Crippen molar-refractivity contribution in [3.63, 3.8) is 0 Å². The lowest BCUT2D eigenvalue weighted by atomic mass is 9.86. The zero-order chi connectivity index (χ0) is 24.2. The second-order valence-corrected chi connectivity index (χ2v) is 16.6. The van der Waals surface area contributed by atoms with E-state index in [2.05, 4.69) is 40.4 Å². The number of rotatable bonds is 9. The van der Waals surface area contributed by atoms with Crippen LogP contribution in [0.3, 0.4) is 0 Å². The number of thiazole rings is 1. The number of allylic oxidation sites excluding steroid dienone is 1. The molecule has 2 aromatic rings. The number of nitrogens with zero attached hydrogens (tertiary/aromatic N) is 2. The molecule has 1 aromatic heterocycles. The van der Waals surface area contributed by atoms with Crippen molar-refractivity contribution >= 4 is 35.8 Å². The maximum Gasteiger partial charge on any atom is 0.233 e.